The third-order valence-corrected chi connectivity index (χ3v) is 6.81. The SMILES string of the molecule is COc1cccc(N(C(=O)c2snc(C(N)=O)c2N)C(C(=O)NCCC(C)C)c2ccc(N(C)C)cc2)c1. The number of ether oxygens (including phenoxy) is 1. The Bertz CT molecular complexity index is 1290. The van der Waals surface area contributed by atoms with Gasteiger partial charge in [0.1, 0.15) is 16.7 Å². The lowest BCUT2D eigenvalue weighted by atomic mass is 10.0. The summed E-state index contributed by atoms with van der Waals surface area (Å²) in [4.78, 5) is 43.0. The molecule has 1 heterocycles. The van der Waals surface area contributed by atoms with Gasteiger partial charge in [0.15, 0.2) is 5.69 Å². The van der Waals surface area contributed by atoms with Crippen LogP contribution in [0.3, 0.4) is 0 Å². The fourth-order valence-corrected chi connectivity index (χ4v) is 4.58. The molecule has 3 amide bonds. The van der Waals surface area contributed by atoms with Crippen LogP contribution in [0, 0.1) is 5.92 Å². The molecule has 0 bridgehead atoms. The molecule has 0 fully saturated rings. The minimum atomic E-state index is -1.06. The van der Waals surface area contributed by atoms with Gasteiger partial charge in [-0.3, -0.25) is 19.3 Å². The van der Waals surface area contributed by atoms with E-state index in [2.05, 4.69) is 23.5 Å². The molecule has 202 valence electrons. The zero-order chi connectivity index (χ0) is 28.0. The number of nitrogen functional groups attached to an aromatic ring is 1. The fourth-order valence-electron chi connectivity index (χ4n) is 3.84. The molecule has 10 nitrogen and oxygen atoms in total. The second kappa shape index (κ2) is 12.4. The van der Waals surface area contributed by atoms with Crippen molar-refractivity contribution in [3.8, 4) is 5.75 Å². The number of carbonyl (C=O) groups is 3. The highest BCUT2D eigenvalue weighted by Crippen LogP contribution is 2.35. The highest BCUT2D eigenvalue weighted by molar-refractivity contribution is 7.09. The summed E-state index contributed by atoms with van der Waals surface area (Å²) < 4.78 is 9.38. The van der Waals surface area contributed by atoms with Crippen LogP contribution < -0.4 is 31.3 Å². The summed E-state index contributed by atoms with van der Waals surface area (Å²) in [6.45, 7) is 4.58. The van der Waals surface area contributed by atoms with Gasteiger partial charge in [-0.05, 0) is 53.7 Å². The number of carbonyl (C=O) groups excluding carboxylic acids is 3. The van der Waals surface area contributed by atoms with Crippen LogP contribution in [0.15, 0.2) is 48.5 Å². The van der Waals surface area contributed by atoms with E-state index >= 15 is 0 Å². The van der Waals surface area contributed by atoms with E-state index in [-0.39, 0.29) is 22.2 Å². The lowest BCUT2D eigenvalue weighted by molar-refractivity contribution is -0.122. The topological polar surface area (TPSA) is 144 Å². The average molecular weight is 539 g/mol. The highest BCUT2D eigenvalue weighted by atomic mass is 32.1. The zero-order valence-electron chi connectivity index (χ0n) is 22.2. The molecule has 0 saturated heterocycles. The molecule has 0 aliphatic rings. The molecule has 1 aromatic heterocycles. The van der Waals surface area contributed by atoms with Crippen molar-refractivity contribution in [2.24, 2.45) is 11.7 Å². The van der Waals surface area contributed by atoms with Crippen molar-refractivity contribution in [3.05, 3.63) is 64.7 Å². The summed E-state index contributed by atoms with van der Waals surface area (Å²) in [6, 6.07) is 13.2. The van der Waals surface area contributed by atoms with Crippen LogP contribution in [0.5, 0.6) is 5.75 Å². The molecule has 1 atom stereocenters. The Kier molecular flexibility index (Phi) is 9.30. The van der Waals surface area contributed by atoms with Crippen LogP contribution in [0.4, 0.5) is 17.1 Å². The molecule has 0 saturated carbocycles. The van der Waals surface area contributed by atoms with Crippen molar-refractivity contribution >= 4 is 46.3 Å². The van der Waals surface area contributed by atoms with Crippen LogP contribution in [0.2, 0.25) is 0 Å². The van der Waals surface area contributed by atoms with Crippen LogP contribution in [-0.4, -0.2) is 49.8 Å². The van der Waals surface area contributed by atoms with Crippen molar-refractivity contribution < 1.29 is 19.1 Å². The second-order valence-corrected chi connectivity index (χ2v) is 10.2. The lowest BCUT2D eigenvalue weighted by Gasteiger charge is -2.32. The number of primary amides is 1. The highest BCUT2D eigenvalue weighted by Gasteiger charge is 2.36. The van der Waals surface area contributed by atoms with Crippen molar-refractivity contribution in [2.45, 2.75) is 26.3 Å². The maximum atomic E-state index is 14.1. The van der Waals surface area contributed by atoms with E-state index in [4.69, 9.17) is 16.2 Å². The Hall–Kier alpha value is -4.12. The summed E-state index contributed by atoms with van der Waals surface area (Å²) in [5.41, 5.74) is 13.1. The van der Waals surface area contributed by atoms with E-state index in [1.165, 1.54) is 12.0 Å². The summed E-state index contributed by atoms with van der Waals surface area (Å²) in [5.74, 6) is -0.919. The van der Waals surface area contributed by atoms with Crippen molar-refractivity contribution in [2.75, 3.05) is 43.3 Å². The van der Waals surface area contributed by atoms with Crippen LogP contribution in [0.1, 0.15) is 52.0 Å². The first-order valence-electron chi connectivity index (χ1n) is 12.1. The zero-order valence-corrected chi connectivity index (χ0v) is 23.0. The van der Waals surface area contributed by atoms with Crippen LogP contribution >= 0.6 is 11.5 Å². The standard InChI is InChI=1S/C27H34N6O4S/c1-16(2)13-14-30-26(35)23(17-9-11-18(12-10-17)32(3)4)33(19-7-6-8-20(15-19)37-5)27(36)24-21(28)22(25(29)34)31-38-24/h6-12,15-16,23H,13-14,28H2,1-5H3,(H2,29,34)(H,30,35). The Morgan fingerprint density at radius 2 is 1.76 bits per heavy atom. The summed E-state index contributed by atoms with van der Waals surface area (Å²) in [7, 11) is 5.35. The number of nitrogens with zero attached hydrogens (tertiary/aromatic N) is 3. The molecule has 1 unspecified atom stereocenters. The fraction of sp³-hybridized carbons (Fsp3) is 0.333. The molecule has 3 aromatic rings. The molecule has 0 aliphatic carbocycles. The summed E-state index contributed by atoms with van der Waals surface area (Å²) in [5, 5.41) is 2.98. The number of methoxy groups -OCH3 is 1. The molecule has 5 N–H and O–H groups in total. The third-order valence-electron chi connectivity index (χ3n) is 5.96. The van der Waals surface area contributed by atoms with Crippen LogP contribution in [0.25, 0.3) is 0 Å². The van der Waals surface area contributed by atoms with Crippen molar-refractivity contribution in [1.82, 2.24) is 9.69 Å². The smallest absolute Gasteiger partial charge is 0.273 e. The molecular formula is C27H34N6O4S. The molecule has 0 radical (unpaired) electrons. The predicted octanol–water partition coefficient (Wildman–Crippen LogP) is 3.45. The number of amides is 3. The molecule has 2 aromatic carbocycles. The van der Waals surface area contributed by atoms with Gasteiger partial charge in [0.2, 0.25) is 5.91 Å². The van der Waals surface area contributed by atoms with Gasteiger partial charge in [-0.2, -0.15) is 4.37 Å². The maximum absolute atomic E-state index is 14.1. The first kappa shape index (κ1) is 28.5. The van der Waals surface area contributed by atoms with Gasteiger partial charge in [0, 0.05) is 38.1 Å². The predicted molar refractivity (Wildman–Crippen MR) is 151 cm³/mol. The van der Waals surface area contributed by atoms with Gasteiger partial charge in [-0.1, -0.05) is 32.0 Å². The van der Waals surface area contributed by atoms with Crippen molar-refractivity contribution in [3.63, 3.8) is 0 Å². The minimum absolute atomic E-state index is 0.00603. The number of rotatable bonds is 11. The lowest BCUT2D eigenvalue weighted by Crippen LogP contribution is -2.44. The van der Waals surface area contributed by atoms with E-state index in [9.17, 15) is 14.4 Å². The van der Waals surface area contributed by atoms with Crippen molar-refractivity contribution in [1.29, 1.82) is 0 Å². The summed E-state index contributed by atoms with van der Waals surface area (Å²) in [6.07, 6.45) is 0.773. The number of anilines is 3. The molecule has 38 heavy (non-hydrogen) atoms. The van der Waals surface area contributed by atoms with Gasteiger partial charge < -0.3 is 26.4 Å². The first-order valence-corrected chi connectivity index (χ1v) is 12.9. The van der Waals surface area contributed by atoms with Crippen LogP contribution in [-0.2, 0) is 4.79 Å². The Balaban J connectivity index is 2.19. The molecular weight excluding hydrogens is 504 g/mol. The average Bonchev–Trinajstić information content (AvgIpc) is 3.28. The normalized spacial score (nSPS) is 11.6. The molecule has 0 spiro atoms. The van der Waals surface area contributed by atoms with E-state index in [0.29, 0.717) is 29.5 Å². The number of nitrogens with one attached hydrogen (secondary N) is 1. The monoisotopic (exact) mass is 538 g/mol. The maximum Gasteiger partial charge on any atom is 0.273 e. The Morgan fingerprint density at radius 1 is 1.08 bits per heavy atom. The van der Waals surface area contributed by atoms with Gasteiger partial charge in [-0.25, -0.2) is 0 Å². The molecule has 11 heteroatoms. The number of benzene rings is 2. The Labute approximate surface area is 226 Å². The minimum Gasteiger partial charge on any atom is -0.497 e. The van der Waals surface area contributed by atoms with Gasteiger partial charge >= 0.3 is 0 Å². The Morgan fingerprint density at radius 3 is 2.32 bits per heavy atom. The number of hydrogen-bond acceptors (Lipinski definition) is 8. The largest absolute Gasteiger partial charge is 0.497 e. The van der Waals surface area contributed by atoms with Gasteiger partial charge in [0.05, 0.1) is 12.8 Å². The number of aromatic nitrogens is 1. The van der Waals surface area contributed by atoms with E-state index < -0.39 is 17.9 Å². The molecule has 0 aliphatic heterocycles. The van der Waals surface area contributed by atoms with Gasteiger partial charge in [0.25, 0.3) is 11.8 Å². The van der Waals surface area contributed by atoms with E-state index in [1.807, 2.05) is 43.3 Å². The number of hydrogen-bond donors (Lipinski definition) is 3. The summed E-state index contributed by atoms with van der Waals surface area (Å²) >= 11 is 0.761. The quantitative estimate of drug-likeness (QED) is 0.339. The van der Waals surface area contributed by atoms with Gasteiger partial charge in [-0.15, -0.1) is 0 Å². The first-order chi connectivity index (χ1) is 18.0. The third kappa shape index (κ3) is 6.41. The van der Waals surface area contributed by atoms with E-state index in [1.54, 1.807) is 24.3 Å². The van der Waals surface area contributed by atoms with E-state index in [0.717, 1.165) is 23.6 Å². The second-order valence-electron chi connectivity index (χ2n) is 9.38. The molecule has 3 rings (SSSR count). The number of nitrogens with two attached hydrogens (primary N) is 2.